The summed E-state index contributed by atoms with van der Waals surface area (Å²) in [6.07, 6.45) is -3.25. The van der Waals surface area contributed by atoms with Crippen molar-refractivity contribution in [1.29, 1.82) is 0 Å². The molecule has 13 heteroatoms. The molecular weight excluding hydrogens is 499 g/mol. The van der Waals surface area contributed by atoms with Gasteiger partial charge in [-0.3, -0.25) is 9.36 Å². The van der Waals surface area contributed by atoms with Crippen LogP contribution in [0.15, 0.2) is 47.4 Å². The number of alkyl halides is 3. The number of benzene rings is 2. The standard InChI is InChI=1S/C24H19F5N6O2/c1-11-6-17(26)19(33-23(37)32-18-8-13(24(27,28)29)4-5-16(18)25)9-14(11)15-7-12-10-31-22(30-2)34-20(12)35(3)21(15)36/h4-10H,1-3H3,(H,30,31,34)(H2,32,33,37). The molecular formula is C24H19F5N6O2. The number of nitrogens with one attached hydrogen (secondary N) is 3. The molecule has 3 N–H and O–H groups in total. The third-order valence-electron chi connectivity index (χ3n) is 5.57. The second-order valence-electron chi connectivity index (χ2n) is 8.06. The van der Waals surface area contributed by atoms with E-state index < -0.39 is 40.7 Å². The predicted molar refractivity (Wildman–Crippen MR) is 129 cm³/mol. The zero-order valence-electron chi connectivity index (χ0n) is 19.6. The molecule has 8 nitrogen and oxygen atoms in total. The molecule has 0 unspecified atom stereocenters. The van der Waals surface area contributed by atoms with Crippen molar-refractivity contribution >= 4 is 34.4 Å². The quantitative estimate of drug-likeness (QED) is 0.319. The van der Waals surface area contributed by atoms with E-state index in [2.05, 4.69) is 20.6 Å². The highest BCUT2D eigenvalue weighted by atomic mass is 19.4. The Hall–Kier alpha value is -4.55. The smallest absolute Gasteiger partial charge is 0.357 e. The lowest BCUT2D eigenvalue weighted by atomic mass is 9.99. The van der Waals surface area contributed by atoms with Gasteiger partial charge < -0.3 is 16.0 Å². The van der Waals surface area contributed by atoms with Gasteiger partial charge in [0.2, 0.25) is 5.95 Å². The van der Waals surface area contributed by atoms with Gasteiger partial charge in [0.05, 0.1) is 16.9 Å². The van der Waals surface area contributed by atoms with Crippen molar-refractivity contribution in [2.45, 2.75) is 13.1 Å². The summed E-state index contributed by atoms with van der Waals surface area (Å²) < 4.78 is 68.8. The number of hydrogen-bond donors (Lipinski definition) is 3. The molecule has 0 aliphatic carbocycles. The number of aryl methyl sites for hydroxylation is 2. The van der Waals surface area contributed by atoms with Gasteiger partial charge in [-0.05, 0) is 54.4 Å². The Kier molecular flexibility index (Phi) is 6.55. The Bertz CT molecular complexity index is 1600. The fourth-order valence-corrected chi connectivity index (χ4v) is 3.69. The Morgan fingerprint density at radius 1 is 0.973 bits per heavy atom. The third kappa shape index (κ3) is 5.06. The number of carbonyl (C=O) groups excluding carboxylic acids is 1. The molecule has 2 amide bonds. The number of rotatable bonds is 4. The van der Waals surface area contributed by atoms with Gasteiger partial charge in [-0.1, -0.05) is 0 Å². The molecule has 0 bridgehead atoms. The van der Waals surface area contributed by atoms with Gasteiger partial charge in [-0.25, -0.2) is 18.6 Å². The first-order valence-electron chi connectivity index (χ1n) is 10.7. The van der Waals surface area contributed by atoms with E-state index in [0.29, 0.717) is 40.7 Å². The fraction of sp³-hybridized carbons (Fsp3) is 0.167. The second-order valence-corrected chi connectivity index (χ2v) is 8.06. The monoisotopic (exact) mass is 518 g/mol. The van der Waals surface area contributed by atoms with Crippen LogP contribution in [0, 0.1) is 18.6 Å². The van der Waals surface area contributed by atoms with Crippen LogP contribution in [0.2, 0.25) is 0 Å². The first-order valence-corrected chi connectivity index (χ1v) is 10.7. The molecule has 4 rings (SSSR count). The fourth-order valence-electron chi connectivity index (χ4n) is 3.69. The van der Waals surface area contributed by atoms with E-state index in [-0.39, 0.29) is 16.8 Å². The van der Waals surface area contributed by atoms with Crippen LogP contribution in [0.1, 0.15) is 11.1 Å². The molecule has 0 saturated heterocycles. The molecule has 2 aromatic carbocycles. The normalized spacial score (nSPS) is 11.5. The molecule has 0 aliphatic heterocycles. The highest BCUT2D eigenvalue weighted by Crippen LogP contribution is 2.32. The van der Waals surface area contributed by atoms with Crippen molar-refractivity contribution in [1.82, 2.24) is 14.5 Å². The van der Waals surface area contributed by atoms with Gasteiger partial charge >= 0.3 is 12.2 Å². The van der Waals surface area contributed by atoms with Crippen molar-refractivity contribution < 1.29 is 26.7 Å². The third-order valence-corrected chi connectivity index (χ3v) is 5.57. The molecule has 0 atom stereocenters. The number of carbonyl (C=O) groups is 1. The average molecular weight is 518 g/mol. The van der Waals surface area contributed by atoms with Gasteiger partial charge in [-0.2, -0.15) is 18.2 Å². The lowest BCUT2D eigenvalue weighted by Gasteiger charge is -2.15. The Balaban J connectivity index is 1.70. The molecule has 4 aromatic rings. The minimum atomic E-state index is -4.76. The Morgan fingerprint density at radius 2 is 1.65 bits per heavy atom. The number of urea groups is 1. The molecule has 0 radical (unpaired) electrons. The number of pyridine rings is 1. The second kappa shape index (κ2) is 9.48. The molecule has 0 spiro atoms. The number of halogens is 5. The van der Waals surface area contributed by atoms with Crippen molar-refractivity contribution in [2.24, 2.45) is 7.05 Å². The van der Waals surface area contributed by atoms with E-state index in [1.54, 1.807) is 14.0 Å². The van der Waals surface area contributed by atoms with Crippen LogP contribution in [-0.4, -0.2) is 27.6 Å². The zero-order valence-corrected chi connectivity index (χ0v) is 19.6. The average Bonchev–Trinajstić information content (AvgIpc) is 2.83. The van der Waals surface area contributed by atoms with Crippen molar-refractivity contribution in [3.8, 4) is 11.1 Å². The van der Waals surface area contributed by atoms with E-state index in [0.717, 1.165) is 6.07 Å². The van der Waals surface area contributed by atoms with E-state index in [9.17, 15) is 31.5 Å². The van der Waals surface area contributed by atoms with E-state index in [4.69, 9.17) is 0 Å². The Labute approximate surface area is 206 Å². The number of aromatic nitrogens is 3. The first-order chi connectivity index (χ1) is 17.4. The van der Waals surface area contributed by atoms with Crippen LogP contribution in [0.3, 0.4) is 0 Å². The van der Waals surface area contributed by atoms with Crippen LogP contribution in [-0.2, 0) is 13.2 Å². The summed E-state index contributed by atoms with van der Waals surface area (Å²) in [6.45, 7) is 1.56. The first kappa shape index (κ1) is 25.5. The number of amides is 2. The largest absolute Gasteiger partial charge is 0.416 e. The lowest BCUT2D eigenvalue weighted by molar-refractivity contribution is -0.137. The highest BCUT2D eigenvalue weighted by Gasteiger charge is 2.31. The SMILES string of the molecule is CNc1ncc2cc(-c3cc(NC(=O)Nc4cc(C(F)(F)F)ccc4F)c(F)cc3C)c(=O)n(C)c2n1. The lowest BCUT2D eigenvalue weighted by Crippen LogP contribution is -2.22. The molecule has 37 heavy (non-hydrogen) atoms. The van der Waals surface area contributed by atoms with Crippen molar-refractivity contribution in [3.05, 3.63) is 75.7 Å². The Morgan fingerprint density at radius 3 is 2.30 bits per heavy atom. The highest BCUT2D eigenvalue weighted by molar-refractivity contribution is 6.00. The van der Waals surface area contributed by atoms with Crippen LogP contribution in [0.4, 0.5) is 44.1 Å². The topological polar surface area (TPSA) is 101 Å². The number of fused-ring (bicyclic) bond motifs is 1. The van der Waals surface area contributed by atoms with Crippen molar-refractivity contribution in [3.63, 3.8) is 0 Å². The van der Waals surface area contributed by atoms with Crippen LogP contribution >= 0.6 is 0 Å². The minimum Gasteiger partial charge on any atom is -0.357 e. The summed E-state index contributed by atoms with van der Waals surface area (Å²) in [5, 5.41) is 7.40. The summed E-state index contributed by atoms with van der Waals surface area (Å²) in [5.41, 5.74) is -1.58. The number of hydrogen-bond acceptors (Lipinski definition) is 5. The maximum atomic E-state index is 14.7. The zero-order chi connectivity index (χ0) is 27.1. The molecule has 2 aromatic heterocycles. The van der Waals surface area contributed by atoms with Gasteiger partial charge in [0.15, 0.2) is 0 Å². The van der Waals surface area contributed by atoms with Gasteiger partial charge in [0.1, 0.15) is 17.3 Å². The minimum absolute atomic E-state index is 0.167. The predicted octanol–water partition coefficient (Wildman–Crippen LogP) is 5.29. The summed E-state index contributed by atoms with van der Waals surface area (Å²) in [5.74, 6) is -1.68. The van der Waals surface area contributed by atoms with Gasteiger partial charge in [-0.15, -0.1) is 0 Å². The summed E-state index contributed by atoms with van der Waals surface area (Å²) >= 11 is 0. The van der Waals surface area contributed by atoms with Gasteiger partial charge in [0, 0.05) is 31.2 Å². The van der Waals surface area contributed by atoms with E-state index >= 15 is 0 Å². The molecule has 0 saturated carbocycles. The molecule has 0 aliphatic rings. The van der Waals surface area contributed by atoms with Gasteiger partial charge in [0.25, 0.3) is 5.56 Å². The maximum Gasteiger partial charge on any atom is 0.416 e. The number of anilines is 3. The van der Waals surface area contributed by atoms with E-state index in [1.165, 1.54) is 29.9 Å². The summed E-state index contributed by atoms with van der Waals surface area (Å²) in [7, 11) is 3.14. The summed E-state index contributed by atoms with van der Waals surface area (Å²) in [4.78, 5) is 33.9. The molecule has 0 fully saturated rings. The summed E-state index contributed by atoms with van der Waals surface area (Å²) in [6, 6.07) is 4.14. The van der Waals surface area contributed by atoms with Crippen molar-refractivity contribution in [2.75, 3.05) is 23.0 Å². The van der Waals surface area contributed by atoms with Crippen LogP contribution in [0.25, 0.3) is 22.2 Å². The van der Waals surface area contributed by atoms with Crippen LogP contribution in [0.5, 0.6) is 0 Å². The van der Waals surface area contributed by atoms with Crippen LogP contribution < -0.4 is 21.5 Å². The van der Waals surface area contributed by atoms with E-state index in [1.807, 2.05) is 5.32 Å². The molecule has 192 valence electrons. The number of nitrogens with zero attached hydrogens (tertiary/aromatic N) is 3. The molecule has 2 heterocycles. The maximum absolute atomic E-state index is 14.7.